The molecule has 12 nitrogen and oxygen atoms in total. The summed E-state index contributed by atoms with van der Waals surface area (Å²) < 4.78 is 4.70. The monoisotopic (exact) mass is 395 g/mol. The Hall–Kier alpha value is -4.68. The van der Waals surface area contributed by atoms with Crippen molar-refractivity contribution in [1.29, 1.82) is 10.5 Å². The summed E-state index contributed by atoms with van der Waals surface area (Å²) in [5.74, 6) is -1.95. The summed E-state index contributed by atoms with van der Waals surface area (Å²) in [6.45, 7) is 0. The number of carbonyl (C=O) groups excluding carboxylic acids is 2. The fourth-order valence-corrected chi connectivity index (χ4v) is 2.81. The number of nitrogens with zero attached hydrogens (tertiary/aromatic N) is 4. The summed E-state index contributed by atoms with van der Waals surface area (Å²) in [4.78, 5) is 45.7. The van der Waals surface area contributed by atoms with Crippen LogP contribution in [-0.4, -0.2) is 27.7 Å². The summed E-state index contributed by atoms with van der Waals surface area (Å²) in [7, 11) is 0. The third-order valence-electron chi connectivity index (χ3n) is 3.99. The Morgan fingerprint density at radius 1 is 0.966 bits per heavy atom. The number of ether oxygens (including phenoxy) is 1. The van der Waals surface area contributed by atoms with Crippen molar-refractivity contribution in [3.8, 4) is 23.3 Å². The molecule has 0 bridgehead atoms. The Bertz CT molecular complexity index is 1160. The van der Waals surface area contributed by atoms with Crippen LogP contribution < -0.4 is 6.15 Å². The van der Waals surface area contributed by atoms with Gasteiger partial charge in [0.05, 0.1) is 15.4 Å². The lowest BCUT2D eigenvalue weighted by atomic mass is 9.98. The predicted molar refractivity (Wildman–Crippen MR) is 94.1 cm³/mol. The van der Waals surface area contributed by atoms with Gasteiger partial charge in [0.2, 0.25) is 0 Å². The number of hydrogen-bond acceptors (Lipinski definition) is 10. The standard InChI is InChI=1S/C17H6N4O7.H3N/c18-6-10(7-19)28-17(23)14-5-9(21(26)27)4-13-15(14)11-2-1-8(20(24)25)3-12(11)16(13)22;/h1-5,10H;1H3. The molecule has 0 spiro atoms. The van der Waals surface area contributed by atoms with Gasteiger partial charge in [0.1, 0.15) is 12.1 Å². The van der Waals surface area contributed by atoms with Crippen LogP contribution in [0.1, 0.15) is 26.3 Å². The van der Waals surface area contributed by atoms with Crippen LogP contribution in [0, 0.1) is 42.9 Å². The lowest BCUT2D eigenvalue weighted by Crippen LogP contribution is -2.16. The van der Waals surface area contributed by atoms with Crippen LogP contribution in [0.2, 0.25) is 0 Å². The van der Waals surface area contributed by atoms with Crippen molar-refractivity contribution < 1.29 is 24.2 Å². The maximum Gasteiger partial charge on any atom is 0.341 e. The minimum atomic E-state index is -1.75. The molecular formula is C17H9N5O7. The quantitative estimate of drug-likeness (QED) is 0.387. The molecule has 0 fully saturated rings. The van der Waals surface area contributed by atoms with Crippen LogP contribution in [0.25, 0.3) is 11.1 Å². The molecule has 1 aliphatic carbocycles. The molecule has 3 N–H and O–H groups in total. The van der Waals surface area contributed by atoms with E-state index in [4.69, 9.17) is 15.3 Å². The average Bonchev–Trinajstić information content (AvgIpc) is 2.97. The van der Waals surface area contributed by atoms with E-state index >= 15 is 0 Å². The zero-order valence-corrected chi connectivity index (χ0v) is 14.3. The van der Waals surface area contributed by atoms with Crippen molar-refractivity contribution in [2.45, 2.75) is 6.10 Å². The van der Waals surface area contributed by atoms with Gasteiger partial charge < -0.3 is 10.9 Å². The number of esters is 1. The molecule has 3 rings (SSSR count). The van der Waals surface area contributed by atoms with Gasteiger partial charge in [-0.2, -0.15) is 10.5 Å². The van der Waals surface area contributed by atoms with Crippen molar-refractivity contribution in [2.75, 3.05) is 0 Å². The van der Waals surface area contributed by atoms with Gasteiger partial charge in [-0.25, -0.2) is 4.79 Å². The molecule has 0 unspecified atom stereocenters. The van der Waals surface area contributed by atoms with Gasteiger partial charge in [-0.1, -0.05) is 0 Å². The third kappa shape index (κ3) is 3.34. The van der Waals surface area contributed by atoms with E-state index in [-0.39, 0.29) is 34.1 Å². The topological polar surface area (TPSA) is 212 Å². The number of hydrogen-bond donors (Lipinski definition) is 1. The highest BCUT2D eigenvalue weighted by molar-refractivity contribution is 6.24. The first-order valence-corrected chi connectivity index (χ1v) is 7.44. The van der Waals surface area contributed by atoms with Crippen molar-refractivity contribution in [2.24, 2.45) is 0 Å². The summed E-state index contributed by atoms with van der Waals surface area (Å²) >= 11 is 0. The second-order valence-electron chi connectivity index (χ2n) is 5.53. The molecule has 0 atom stereocenters. The molecule has 0 saturated heterocycles. The number of non-ortho nitro benzene ring substituents is 2. The average molecular weight is 395 g/mol. The number of benzene rings is 2. The van der Waals surface area contributed by atoms with Crippen LogP contribution in [0.5, 0.6) is 0 Å². The number of carbonyl (C=O) groups is 2. The number of fused-ring (bicyclic) bond motifs is 3. The molecule has 0 heterocycles. The molecule has 29 heavy (non-hydrogen) atoms. The van der Waals surface area contributed by atoms with Gasteiger partial charge >= 0.3 is 5.97 Å². The normalized spacial score (nSPS) is 10.8. The number of nitro groups is 2. The van der Waals surface area contributed by atoms with E-state index in [1.54, 1.807) is 0 Å². The molecule has 0 radical (unpaired) electrons. The van der Waals surface area contributed by atoms with E-state index in [1.165, 1.54) is 18.2 Å². The zero-order chi connectivity index (χ0) is 20.6. The van der Waals surface area contributed by atoms with E-state index in [2.05, 4.69) is 0 Å². The molecule has 1 aliphatic rings. The van der Waals surface area contributed by atoms with Crippen LogP contribution >= 0.6 is 0 Å². The third-order valence-corrected chi connectivity index (χ3v) is 3.99. The van der Waals surface area contributed by atoms with Gasteiger partial charge in [0.25, 0.3) is 17.5 Å². The summed E-state index contributed by atoms with van der Waals surface area (Å²) in [6, 6.07) is 8.02. The molecule has 0 aromatic heterocycles. The zero-order valence-electron chi connectivity index (χ0n) is 14.3. The minimum Gasteiger partial charge on any atom is -0.429 e. The maximum absolute atomic E-state index is 12.6. The summed E-state index contributed by atoms with van der Waals surface area (Å²) in [5.41, 5.74) is -1.53. The minimum absolute atomic E-state index is 0. The van der Waals surface area contributed by atoms with Gasteiger partial charge in [-0.05, 0) is 11.6 Å². The Morgan fingerprint density at radius 2 is 1.55 bits per heavy atom. The number of nitro benzene ring substituents is 2. The number of rotatable bonds is 4. The van der Waals surface area contributed by atoms with Gasteiger partial charge in [-0.15, -0.1) is 0 Å². The van der Waals surface area contributed by atoms with Gasteiger partial charge in [0, 0.05) is 41.0 Å². The molecule has 144 valence electrons. The van der Waals surface area contributed by atoms with Crippen molar-refractivity contribution >= 4 is 23.1 Å². The highest BCUT2D eigenvalue weighted by atomic mass is 16.6. The molecular weight excluding hydrogens is 386 g/mol. The highest BCUT2D eigenvalue weighted by Gasteiger charge is 2.35. The van der Waals surface area contributed by atoms with E-state index in [0.717, 1.165) is 24.3 Å². The molecule has 2 aromatic rings. The lowest BCUT2D eigenvalue weighted by molar-refractivity contribution is -0.385. The van der Waals surface area contributed by atoms with Gasteiger partial charge in [-0.3, -0.25) is 25.0 Å². The Labute approximate surface area is 161 Å². The largest absolute Gasteiger partial charge is 0.429 e. The van der Waals surface area contributed by atoms with Gasteiger partial charge in [0.15, 0.2) is 5.78 Å². The Balaban J connectivity index is 0.00000300. The van der Waals surface area contributed by atoms with Crippen LogP contribution in [-0.2, 0) is 4.74 Å². The predicted octanol–water partition coefficient (Wildman–Crippen LogP) is 2.45. The molecule has 12 heteroatoms. The highest BCUT2D eigenvalue weighted by Crippen LogP contribution is 2.42. The molecule has 0 amide bonds. The smallest absolute Gasteiger partial charge is 0.341 e. The first-order chi connectivity index (χ1) is 13.3. The van der Waals surface area contributed by atoms with E-state index < -0.39 is 39.0 Å². The Morgan fingerprint density at radius 3 is 2.10 bits per heavy atom. The Kier molecular flexibility index (Phi) is 5.35. The van der Waals surface area contributed by atoms with Crippen LogP contribution in [0.4, 0.5) is 11.4 Å². The van der Waals surface area contributed by atoms with Crippen molar-refractivity contribution in [3.63, 3.8) is 0 Å². The van der Waals surface area contributed by atoms with Crippen LogP contribution in [0.15, 0.2) is 30.3 Å². The summed E-state index contributed by atoms with van der Waals surface area (Å²) in [5, 5.41) is 39.7. The molecule has 2 aromatic carbocycles. The second-order valence-corrected chi connectivity index (χ2v) is 5.53. The fraction of sp³-hybridized carbons (Fsp3) is 0.0588. The SMILES string of the molecule is N.N#CC(C#N)OC(=O)c1cc([N+](=O)[O-])cc2c1-c1ccc([N+](=O)[O-])cc1C2=O. The summed E-state index contributed by atoms with van der Waals surface area (Å²) in [6.07, 6.45) is -1.75. The molecule has 0 saturated carbocycles. The maximum atomic E-state index is 12.6. The second kappa shape index (κ2) is 7.51. The number of ketones is 1. The van der Waals surface area contributed by atoms with Crippen LogP contribution in [0.3, 0.4) is 0 Å². The van der Waals surface area contributed by atoms with E-state index in [1.807, 2.05) is 0 Å². The van der Waals surface area contributed by atoms with E-state index in [9.17, 15) is 29.8 Å². The first-order valence-electron chi connectivity index (χ1n) is 7.44. The van der Waals surface area contributed by atoms with Crippen molar-refractivity contribution in [1.82, 2.24) is 6.15 Å². The first kappa shape index (κ1) is 20.6. The fourth-order valence-electron chi connectivity index (χ4n) is 2.81. The number of nitriles is 2. The molecule has 0 aliphatic heterocycles. The van der Waals surface area contributed by atoms with E-state index in [0.29, 0.717) is 0 Å². The van der Waals surface area contributed by atoms with Crippen molar-refractivity contribution in [3.05, 3.63) is 67.3 Å². The lowest BCUT2D eigenvalue weighted by Gasteiger charge is -2.09.